The zero-order valence-corrected chi connectivity index (χ0v) is 14.0. The highest BCUT2D eigenvalue weighted by atomic mass is 19.1. The minimum atomic E-state index is -0.352. The van der Waals surface area contributed by atoms with E-state index < -0.39 is 0 Å². The molecule has 3 rings (SSSR count). The summed E-state index contributed by atoms with van der Waals surface area (Å²) in [5.41, 5.74) is 1.70. The number of ether oxygens (including phenoxy) is 2. The Kier molecular flexibility index (Phi) is 5.42. The van der Waals surface area contributed by atoms with E-state index in [1.165, 1.54) is 19.2 Å². The largest absolute Gasteiger partial charge is 0.467 e. The molecule has 0 radical (unpaired) electrons. The van der Waals surface area contributed by atoms with Crippen LogP contribution < -0.4 is 4.74 Å². The van der Waals surface area contributed by atoms with Gasteiger partial charge < -0.3 is 14.4 Å². The Morgan fingerprint density at radius 2 is 1.96 bits per heavy atom. The van der Waals surface area contributed by atoms with Crippen molar-refractivity contribution in [3.8, 4) is 6.01 Å². The lowest BCUT2D eigenvalue weighted by Gasteiger charge is -2.31. The number of hydrogen-bond acceptors (Lipinski definition) is 5. The summed E-state index contributed by atoms with van der Waals surface area (Å²) in [5, 5.41) is 0. The summed E-state index contributed by atoms with van der Waals surface area (Å²) < 4.78 is 23.3. The van der Waals surface area contributed by atoms with Crippen LogP contribution in [0.2, 0.25) is 0 Å². The van der Waals surface area contributed by atoms with Crippen molar-refractivity contribution in [1.29, 1.82) is 0 Å². The highest BCUT2D eigenvalue weighted by Crippen LogP contribution is 2.28. The Morgan fingerprint density at radius 3 is 2.64 bits per heavy atom. The van der Waals surface area contributed by atoms with Gasteiger partial charge in [0, 0.05) is 19.3 Å². The number of benzene rings is 1. The molecule has 1 saturated heterocycles. The maximum atomic E-state index is 13.0. The molecule has 1 aliphatic rings. The number of rotatable bonds is 4. The monoisotopic (exact) mass is 345 g/mol. The lowest BCUT2D eigenvalue weighted by Crippen LogP contribution is -2.38. The van der Waals surface area contributed by atoms with Gasteiger partial charge in [-0.15, -0.1) is 0 Å². The molecule has 1 aromatic carbocycles. The Balaban J connectivity index is 1.48. The molecule has 0 spiro atoms. The van der Waals surface area contributed by atoms with E-state index in [0.29, 0.717) is 24.7 Å². The van der Waals surface area contributed by atoms with Crippen molar-refractivity contribution in [2.24, 2.45) is 0 Å². The van der Waals surface area contributed by atoms with Crippen LogP contribution in [0.3, 0.4) is 0 Å². The molecule has 132 valence electrons. The van der Waals surface area contributed by atoms with Crippen molar-refractivity contribution in [3.05, 3.63) is 53.6 Å². The van der Waals surface area contributed by atoms with Crippen molar-refractivity contribution in [2.75, 3.05) is 20.2 Å². The number of hydrogen-bond donors (Lipinski definition) is 0. The molecule has 25 heavy (non-hydrogen) atoms. The van der Waals surface area contributed by atoms with Crippen LogP contribution in [0.15, 0.2) is 36.5 Å². The second-order valence-electron chi connectivity index (χ2n) is 5.90. The predicted octanol–water partition coefficient (Wildman–Crippen LogP) is 3.14. The normalized spacial score (nSPS) is 15.0. The average molecular weight is 345 g/mol. The first-order valence-corrected chi connectivity index (χ1v) is 8.19. The quantitative estimate of drug-likeness (QED) is 0.852. The minimum absolute atomic E-state index is 0.0790. The van der Waals surface area contributed by atoms with Crippen LogP contribution in [0.5, 0.6) is 6.01 Å². The Labute approximate surface area is 145 Å². The number of piperidine rings is 1. The third-order valence-electron chi connectivity index (χ3n) is 4.31. The number of nitrogens with zero attached hydrogens (tertiary/aromatic N) is 3. The van der Waals surface area contributed by atoms with Gasteiger partial charge in [0.2, 0.25) is 0 Å². The van der Waals surface area contributed by atoms with Crippen molar-refractivity contribution in [2.45, 2.75) is 25.4 Å². The minimum Gasteiger partial charge on any atom is -0.467 e. The van der Waals surface area contributed by atoms with Gasteiger partial charge in [-0.25, -0.2) is 14.2 Å². The molecule has 0 saturated carbocycles. The topological polar surface area (TPSA) is 64.6 Å². The van der Waals surface area contributed by atoms with Gasteiger partial charge in [-0.1, -0.05) is 12.1 Å². The van der Waals surface area contributed by atoms with Crippen molar-refractivity contribution in [1.82, 2.24) is 14.9 Å². The number of carbonyl (C=O) groups excluding carboxylic acids is 1. The molecule has 0 N–H and O–H groups in total. The summed E-state index contributed by atoms with van der Waals surface area (Å²) >= 11 is 0. The molecule has 0 aliphatic carbocycles. The molecule has 1 fully saturated rings. The second-order valence-corrected chi connectivity index (χ2v) is 5.90. The van der Waals surface area contributed by atoms with E-state index in [4.69, 9.17) is 9.47 Å². The summed E-state index contributed by atoms with van der Waals surface area (Å²) in [6, 6.07) is 8.51. The Hall–Kier alpha value is -2.70. The smallest absolute Gasteiger partial charge is 0.410 e. The first-order chi connectivity index (χ1) is 12.2. The van der Waals surface area contributed by atoms with Crippen LogP contribution >= 0.6 is 0 Å². The maximum Gasteiger partial charge on any atom is 0.410 e. The lowest BCUT2D eigenvalue weighted by molar-refractivity contribution is 0.0858. The van der Waals surface area contributed by atoms with E-state index >= 15 is 0 Å². The molecule has 2 aromatic rings. The van der Waals surface area contributed by atoms with E-state index in [1.807, 2.05) is 12.1 Å². The summed E-state index contributed by atoms with van der Waals surface area (Å²) in [4.78, 5) is 21.9. The van der Waals surface area contributed by atoms with Crippen LogP contribution in [-0.2, 0) is 11.3 Å². The number of halogens is 1. The predicted molar refractivity (Wildman–Crippen MR) is 88.7 cm³/mol. The molecule has 2 heterocycles. The van der Waals surface area contributed by atoms with E-state index in [0.717, 1.165) is 18.4 Å². The zero-order chi connectivity index (χ0) is 17.6. The van der Waals surface area contributed by atoms with Gasteiger partial charge in [-0.05, 0) is 42.5 Å². The highest BCUT2D eigenvalue weighted by Gasteiger charge is 2.24. The third kappa shape index (κ3) is 4.43. The van der Waals surface area contributed by atoms with Crippen LogP contribution in [0.1, 0.15) is 30.0 Å². The number of aromatic nitrogens is 2. The van der Waals surface area contributed by atoms with Gasteiger partial charge >= 0.3 is 12.1 Å². The molecule has 0 atom stereocenters. The molecule has 1 amide bonds. The summed E-state index contributed by atoms with van der Waals surface area (Å²) in [6.45, 7) is 1.32. The van der Waals surface area contributed by atoms with E-state index in [1.54, 1.807) is 17.2 Å². The first-order valence-electron chi connectivity index (χ1n) is 8.19. The SMILES string of the molecule is COc1nccc(COC(=O)N2CCC(c3ccc(F)cc3)CC2)n1. The van der Waals surface area contributed by atoms with Crippen LogP contribution in [-0.4, -0.2) is 41.2 Å². The van der Waals surface area contributed by atoms with Crippen LogP contribution in [0.25, 0.3) is 0 Å². The molecule has 1 aliphatic heterocycles. The Bertz CT molecular complexity index is 716. The number of amides is 1. The molecule has 1 aromatic heterocycles. The van der Waals surface area contributed by atoms with Crippen molar-refractivity contribution < 1.29 is 18.7 Å². The molecule has 7 heteroatoms. The fraction of sp³-hybridized carbons (Fsp3) is 0.389. The van der Waals surface area contributed by atoms with Gasteiger partial charge in [0.15, 0.2) is 0 Å². The number of likely N-dealkylation sites (tertiary alicyclic amines) is 1. The molecular formula is C18H20FN3O3. The molecular weight excluding hydrogens is 325 g/mol. The van der Waals surface area contributed by atoms with Gasteiger partial charge in [0.1, 0.15) is 12.4 Å². The average Bonchev–Trinajstić information content (AvgIpc) is 2.67. The summed E-state index contributed by atoms with van der Waals surface area (Å²) in [6.07, 6.45) is 2.88. The molecule has 0 bridgehead atoms. The van der Waals surface area contributed by atoms with Gasteiger partial charge in [0.25, 0.3) is 0 Å². The fourth-order valence-electron chi connectivity index (χ4n) is 2.91. The molecule has 6 nitrogen and oxygen atoms in total. The lowest BCUT2D eigenvalue weighted by atomic mass is 9.90. The molecule has 0 unspecified atom stereocenters. The van der Waals surface area contributed by atoms with Gasteiger partial charge in [-0.3, -0.25) is 0 Å². The maximum absolute atomic E-state index is 13.0. The highest BCUT2D eigenvalue weighted by molar-refractivity contribution is 5.67. The number of methoxy groups -OCH3 is 1. The van der Waals surface area contributed by atoms with Gasteiger partial charge in [0.05, 0.1) is 12.8 Å². The summed E-state index contributed by atoms with van der Waals surface area (Å²) in [7, 11) is 1.48. The Morgan fingerprint density at radius 1 is 1.24 bits per heavy atom. The van der Waals surface area contributed by atoms with Crippen molar-refractivity contribution in [3.63, 3.8) is 0 Å². The van der Waals surface area contributed by atoms with E-state index in [2.05, 4.69) is 9.97 Å². The zero-order valence-electron chi connectivity index (χ0n) is 14.0. The van der Waals surface area contributed by atoms with E-state index in [-0.39, 0.29) is 24.5 Å². The fourth-order valence-corrected chi connectivity index (χ4v) is 2.91. The number of carbonyl (C=O) groups is 1. The van der Waals surface area contributed by atoms with Crippen LogP contribution in [0, 0.1) is 5.82 Å². The van der Waals surface area contributed by atoms with Crippen molar-refractivity contribution >= 4 is 6.09 Å². The second kappa shape index (κ2) is 7.92. The summed E-state index contributed by atoms with van der Waals surface area (Å²) in [5.74, 6) is 0.113. The van der Waals surface area contributed by atoms with Crippen LogP contribution in [0.4, 0.5) is 9.18 Å². The first kappa shape index (κ1) is 17.1. The van der Waals surface area contributed by atoms with Gasteiger partial charge in [-0.2, -0.15) is 4.98 Å². The van der Waals surface area contributed by atoms with E-state index in [9.17, 15) is 9.18 Å². The third-order valence-corrected chi connectivity index (χ3v) is 4.31. The standard InChI is InChI=1S/C18H20FN3O3/c1-24-17-20-9-6-16(21-17)12-25-18(23)22-10-7-14(8-11-22)13-2-4-15(19)5-3-13/h2-6,9,14H,7-8,10-12H2,1H3.